The van der Waals surface area contributed by atoms with Crippen LogP contribution < -0.4 is 4.74 Å². The number of ether oxygens (including phenoxy) is 1. The number of aliphatic hydroxyl groups excluding tert-OH is 1. The van der Waals surface area contributed by atoms with E-state index in [2.05, 4.69) is 73.7 Å². The summed E-state index contributed by atoms with van der Waals surface area (Å²) in [5, 5.41) is 9.95. The van der Waals surface area contributed by atoms with E-state index in [0.29, 0.717) is 12.4 Å². The second-order valence-corrected chi connectivity index (χ2v) is 8.90. The van der Waals surface area contributed by atoms with Crippen LogP contribution in [-0.4, -0.2) is 5.11 Å². The van der Waals surface area contributed by atoms with Crippen LogP contribution in [0.15, 0.2) is 103 Å². The van der Waals surface area contributed by atoms with Gasteiger partial charge in [0.05, 0.1) is 0 Å². The van der Waals surface area contributed by atoms with Crippen molar-refractivity contribution in [2.75, 3.05) is 0 Å². The molecule has 0 aromatic heterocycles. The minimum Gasteiger partial charge on any atom is -0.508 e. The monoisotopic (exact) mass is 420 g/mol. The maximum Gasteiger partial charge on any atom is 0.120 e. The molecule has 2 aliphatic carbocycles. The summed E-state index contributed by atoms with van der Waals surface area (Å²) < 4.78 is 6.12. The van der Waals surface area contributed by atoms with Gasteiger partial charge in [-0.3, -0.25) is 0 Å². The fourth-order valence-electron chi connectivity index (χ4n) is 4.89. The number of aliphatic hydroxyl groups is 1. The predicted molar refractivity (Wildman–Crippen MR) is 131 cm³/mol. The lowest BCUT2D eigenvalue weighted by Gasteiger charge is -2.37. The Hall–Kier alpha value is -3.52. The minimum atomic E-state index is -0.168. The molecule has 1 unspecified atom stereocenters. The van der Waals surface area contributed by atoms with E-state index in [1.807, 2.05) is 30.4 Å². The molecule has 0 amide bonds. The Morgan fingerprint density at radius 1 is 0.906 bits per heavy atom. The SMILES string of the molecule is CC1(C2=C(c3ccccc3)CCc3cc(OCc4ccccc4)ccc32)C=CC(O)=CC1. The van der Waals surface area contributed by atoms with E-state index in [-0.39, 0.29) is 5.41 Å². The van der Waals surface area contributed by atoms with Crippen molar-refractivity contribution < 1.29 is 9.84 Å². The Morgan fingerprint density at radius 3 is 2.38 bits per heavy atom. The molecule has 0 fully saturated rings. The zero-order valence-corrected chi connectivity index (χ0v) is 18.4. The van der Waals surface area contributed by atoms with Crippen molar-refractivity contribution in [3.63, 3.8) is 0 Å². The summed E-state index contributed by atoms with van der Waals surface area (Å²) in [6.45, 7) is 2.85. The summed E-state index contributed by atoms with van der Waals surface area (Å²) in [6, 6.07) is 27.5. The van der Waals surface area contributed by atoms with Gasteiger partial charge in [-0.25, -0.2) is 0 Å². The van der Waals surface area contributed by atoms with Crippen molar-refractivity contribution >= 4 is 11.1 Å². The number of benzene rings is 3. The molecule has 5 rings (SSSR count). The Kier molecular flexibility index (Phi) is 5.45. The third-order valence-electron chi connectivity index (χ3n) is 6.59. The number of allylic oxidation sites excluding steroid dienone is 5. The molecule has 0 radical (unpaired) electrons. The fraction of sp³-hybridized carbons (Fsp3) is 0.200. The van der Waals surface area contributed by atoms with E-state index < -0.39 is 0 Å². The molecule has 0 saturated heterocycles. The quantitative estimate of drug-likeness (QED) is 0.462. The van der Waals surface area contributed by atoms with Gasteiger partial charge in [-0.1, -0.05) is 79.7 Å². The van der Waals surface area contributed by atoms with Gasteiger partial charge in [0.2, 0.25) is 0 Å². The summed E-state index contributed by atoms with van der Waals surface area (Å²) in [4.78, 5) is 0. The maximum absolute atomic E-state index is 9.95. The number of hydrogen-bond acceptors (Lipinski definition) is 2. The topological polar surface area (TPSA) is 29.5 Å². The molecule has 0 aliphatic heterocycles. The summed E-state index contributed by atoms with van der Waals surface area (Å²) in [6.07, 6.45) is 8.70. The van der Waals surface area contributed by atoms with Crippen LogP contribution in [0, 0.1) is 5.41 Å². The molecular formula is C30H28O2. The Morgan fingerprint density at radius 2 is 1.66 bits per heavy atom. The van der Waals surface area contributed by atoms with E-state index in [1.165, 1.54) is 33.4 Å². The summed E-state index contributed by atoms with van der Waals surface area (Å²) in [5.41, 5.74) is 7.67. The average molecular weight is 421 g/mol. The Labute approximate surface area is 190 Å². The molecule has 1 atom stereocenters. The van der Waals surface area contributed by atoms with Gasteiger partial charge in [-0.2, -0.15) is 0 Å². The first-order valence-corrected chi connectivity index (χ1v) is 11.3. The van der Waals surface area contributed by atoms with Gasteiger partial charge in [-0.15, -0.1) is 0 Å². The van der Waals surface area contributed by atoms with E-state index in [0.717, 1.165) is 25.0 Å². The van der Waals surface area contributed by atoms with Gasteiger partial charge in [0, 0.05) is 5.41 Å². The number of hydrogen-bond donors (Lipinski definition) is 1. The number of aryl methyl sites for hydroxylation is 1. The van der Waals surface area contributed by atoms with Gasteiger partial charge >= 0.3 is 0 Å². The zero-order chi connectivity index (χ0) is 22.0. The van der Waals surface area contributed by atoms with Crippen molar-refractivity contribution in [1.29, 1.82) is 0 Å². The second kappa shape index (κ2) is 8.55. The van der Waals surface area contributed by atoms with Crippen LogP contribution in [0.5, 0.6) is 5.75 Å². The normalized spacial score (nSPS) is 20.0. The summed E-state index contributed by atoms with van der Waals surface area (Å²) in [5.74, 6) is 1.27. The summed E-state index contributed by atoms with van der Waals surface area (Å²) in [7, 11) is 0. The molecule has 3 aromatic carbocycles. The van der Waals surface area contributed by atoms with Crippen LogP contribution in [0.25, 0.3) is 11.1 Å². The molecule has 0 bridgehead atoms. The molecule has 2 heteroatoms. The third-order valence-corrected chi connectivity index (χ3v) is 6.59. The van der Waals surface area contributed by atoms with E-state index in [1.54, 1.807) is 0 Å². The standard InChI is InChI=1S/C30H28O2/c1-30(18-16-25(31)17-19-30)29-27(23-10-6-3-7-11-23)14-12-24-20-26(13-15-28(24)29)32-21-22-8-4-2-5-9-22/h2-11,13,15-18,20,31H,12,14,19,21H2,1H3. The van der Waals surface area contributed by atoms with Crippen LogP contribution in [0.2, 0.25) is 0 Å². The fourth-order valence-corrected chi connectivity index (χ4v) is 4.89. The number of fused-ring (bicyclic) bond motifs is 1. The minimum absolute atomic E-state index is 0.168. The smallest absolute Gasteiger partial charge is 0.120 e. The lowest BCUT2D eigenvalue weighted by atomic mass is 9.67. The molecule has 0 saturated carbocycles. The molecule has 2 aliphatic rings. The molecular weight excluding hydrogens is 392 g/mol. The maximum atomic E-state index is 9.95. The number of rotatable bonds is 5. The average Bonchev–Trinajstić information content (AvgIpc) is 2.85. The van der Waals surface area contributed by atoms with Crippen molar-refractivity contribution in [2.45, 2.75) is 32.8 Å². The van der Waals surface area contributed by atoms with E-state index >= 15 is 0 Å². The zero-order valence-electron chi connectivity index (χ0n) is 18.4. The van der Waals surface area contributed by atoms with Gasteiger partial charge in [0.25, 0.3) is 0 Å². The van der Waals surface area contributed by atoms with E-state index in [4.69, 9.17) is 4.74 Å². The Balaban J connectivity index is 1.54. The molecule has 32 heavy (non-hydrogen) atoms. The van der Waals surface area contributed by atoms with E-state index in [9.17, 15) is 5.11 Å². The van der Waals surface area contributed by atoms with Crippen molar-refractivity contribution in [2.24, 2.45) is 5.41 Å². The van der Waals surface area contributed by atoms with Crippen LogP contribution >= 0.6 is 0 Å². The molecule has 0 heterocycles. The molecule has 2 nitrogen and oxygen atoms in total. The van der Waals surface area contributed by atoms with Gasteiger partial charge in [-0.05, 0) is 76.9 Å². The van der Waals surface area contributed by atoms with Crippen molar-refractivity contribution in [3.8, 4) is 5.75 Å². The highest BCUT2D eigenvalue weighted by atomic mass is 16.5. The first kappa shape index (κ1) is 20.4. The van der Waals surface area contributed by atoms with Crippen LogP contribution in [0.1, 0.15) is 42.0 Å². The molecule has 160 valence electrons. The molecule has 3 aromatic rings. The Bertz CT molecular complexity index is 1200. The highest BCUT2D eigenvalue weighted by Gasteiger charge is 2.34. The lowest BCUT2D eigenvalue weighted by Crippen LogP contribution is -2.22. The van der Waals surface area contributed by atoms with Crippen molar-refractivity contribution in [1.82, 2.24) is 0 Å². The van der Waals surface area contributed by atoms with Crippen LogP contribution in [0.3, 0.4) is 0 Å². The largest absolute Gasteiger partial charge is 0.508 e. The lowest BCUT2D eigenvalue weighted by molar-refractivity contribution is 0.306. The first-order valence-electron chi connectivity index (χ1n) is 11.3. The van der Waals surface area contributed by atoms with Crippen LogP contribution in [-0.2, 0) is 13.0 Å². The first-order chi connectivity index (χ1) is 15.6. The highest BCUT2D eigenvalue weighted by Crippen LogP contribution is 2.50. The van der Waals surface area contributed by atoms with Crippen molar-refractivity contribution in [3.05, 3.63) is 125 Å². The van der Waals surface area contributed by atoms with Crippen LogP contribution in [0.4, 0.5) is 0 Å². The van der Waals surface area contributed by atoms with Gasteiger partial charge in [0.1, 0.15) is 18.1 Å². The molecule has 1 N–H and O–H groups in total. The second-order valence-electron chi connectivity index (χ2n) is 8.90. The van der Waals surface area contributed by atoms with Gasteiger partial charge in [0.15, 0.2) is 0 Å². The van der Waals surface area contributed by atoms with Gasteiger partial charge < -0.3 is 9.84 Å². The summed E-state index contributed by atoms with van der Waals surface area (Å²) >= 11 is 0. The third kappa shape index (κ3) is 4.01. The molecule has 0 spiro atoms. The highest BCUT2D eigenvalue weighted by molar-refractivity contribution is 5.96. The predicted octanol–water partition coefficient (Wildman–Crippen LogP) is 7.53.